The predicted octanol–water partition coefficient (Wildman–Crippen LogP) is -0.256. The summed E-state index contributed by atoms with van der Waals surface area (Å²) in [5.74, 6) is -3.62. The molecule has 1 aromatic rings. The Bertz CT molecular complexity index is 258. The molecule has 1 aromatic heterocycles. The van der Waals surface area contributed by atoms with Crippen molar-refractivity contribution in [1.82, 2.24) is 20.2 Å². The van der Waals surface area contributed by atoms with Crippen LogP contribution in [0.5, 0.6) is 0 Å². The van der Waals surface area contributed by atoms with E-state index in [-0.39, 0.29) is 0 Å². The van der Waals surface area contributed by atoms with Crippen molar-refractivity contribution in [2.75, 3.05) is 6.54 Å². The van der Waals surface area contributed by atoms with E-state index in [9.17, 15) is 8.78 Å². The molecule has 0 bridgehead atoms. The van der Waals surface area contributed by atoms with Crippen molar-refractivity contribution >= 4 is 0 Å². The molecule has 7 heteroatoms. The number of nitrogens with zero attached hydrogens (tertiary/aromatic N) is 4. The zero-order valence-corrected chi connectivity index (χ0v) is 6.54. The first-order valence-electron chi connectivity index (χ1n) is 3.46. The topological polar surface area (TPSA) is 69.6 Å². The summed E-state index contributed by atoms with van der Waals surface area (Å²) in [5, 5.41) is 9.70. The van der Waals surface area contributed by atoms with Crippen molar-refractivity contribution in [3.05, 3.63) is 5.82 Å². The number of hydrogen-bond donors (Lipinski definition) is 1. The summed E-state index contributed by atoms with van der Waals surface area (Å²) in [6, 6.07) is 0. The molecule has 0 radical (unpaired) electrons. The number of nitrogens with two attached hydrogens (primary N) is 1. The molecule has 0 unspecified atom stereocenters. The Morgan fingerprint density at radius 3 is 2.75 bits per heavy atom. The van der Waals surface area contributed by atoms with Gasteiger partial charge in [0.05, 0.1) is 6.54 Å². The van der Waals surface area contributed by atoms with Gasteiger partial charge >= 0.3 is 5.92 Å². The average molecular weight is 177 g/mol. The summed E-state index contributed by atoms with van der Waals surface area (Å²) >= 11 is 0. The standard InChI is InChI=1S/C5H9F2N5/c1-2-12-4(9-10-11-12)5(6,7)3-8/h2-3,8H2,1H3. The Balaban J connectivity index is 3.00. The third-order valence-electron chi connectivity index (χ3n) is 1.41. The highest BCUT2D eigenvalue weighted by atomic mass is 19.3. The molecule has 12 heavy (non-hydrogen) atoms. The van der Waals surface area contributed by atoms with Crippen LogP contribution in [-0.2, 0) is 12.5 Å². The van der Waals surface area contributed by atoms with E-state index in [0.29, 0.717) is 6.54 Å². The Labute approximate surface area is 67.5 Å². The van der Waals surface area contributed by atoms with Gasteiger partial charge in [0, 0.05) is 6.54 Å². The normalized spacial score (nSPS) is 12.0. The van der Waals surface area contributed by atoms with Crippen LogP contribution in [0.2, 0.25) is 0 Å². The lowest BCUT2D eigenvalue weighted by atomic mass is 10.3. The maximum Gasteiger partial charge on any atom is 0.320 e. The SMILES string of the molecule is CCn1nnnc1C(F)(F)CN. The summed E-state index contributed by atoms with van der Waals surface area (Å²) in [4.78, 5) is 0. The molecule has 0 amide bonds. The van der Waals surface area contributed by atoms with Crippen LogP contribution in [0.25, 0.3) is 0 Å². The number of rotatable bonds is 3. The minimum absolute atomic E-state index is 0.303. The predicted molar refractivity (Wildman–Crippen MR) is 36.4 cm³/mol. The molecule has 0 aliphatic heterocycles. The van der Waals surface area contributed by atoms with E-state index in [1.54, 1.807) is 6.92 Å². The summed E-state index contributed by atoms with van der Waals surface area (Å²) in [7, 11) is 0. The Kier molecular flexibility index (Phi) is 2.32. The van der Waals surface area contributed by atoms with Gasteiger partial charge in [0.1, 0.15) is 0 Å². The zero-order chi connectivity index (χ0) is 9.19. The molecule has 5 nitrogen and oxygen atoms in total. The number of aryl methyl sites for hydroxylation is 1. The summed E-state index contributed by atoms with van der Waals surface area (Å²) in [5.41, 5.74) is 4.86. The highest BCUT2D eigenvalue weighted by Gasteiger charge is 2.35. The number of aromatic nitrogens is 4. The van der Waals surface area contributed by atoms with E-state index in [0.717, 1.165) is 4.68 Å². The second-order valence-electron chi connectivity index (χ2n) is 2.23. The average Bonchev–Trinajstić information content (AvgIpc) is 2.52. The van der Waals surface area contributed by atoms with Gasteiger partial charge in [-0.3, -0.25) is 0 Å². The molecule has 0 saturated heterocycles. The molecular weight excluding hydrogens is 168 g/mol. The summed E-state index contributed by atoms with van der Waals surface area (Å²) in [6.45, 7) is 1.19. The monoisotopic (exact) mass is 177 g/mol. The lowest BCUT2D eigenvalue weighted by molar-refractivity contribution is -0.00804. The molecule has 0 aromatic carbocycles. The van der Waals surface area contributed by atoms with Gasteiger partial charge < -0.3 is 5.73 Å². The molecule has 0 fully saturated rings. The maximum atomic E-state index is 12.9. The van der Waals surface area contributed by atoms with Crippen LogP contribution in [0.4, 0.5) is 8.78 Å². The highest BCUT2D eigenvalue weighted by Crippen LogP contribution is 2.23. The number of alkyl halides is 2. The minimum atomic E-state index is -3.14. The summed E-state index contributed by atoms with van der Waals surface area (Å²) in [6.07, 6.45) is 0. The minimum Gasteiger partial charge on any atom is -0.325 e. The fourth-order valence-electron chi connectivity index (χ4n) is 0.771. The molecule has 1 heterocycles. The Hall–Kier alpha value is -1.11. The van der Waals surface area contributed by atoms with Gasteiger partial charge in [0.15, 0.2) is 0 Å². The van der Waals surface area contributed by atoms with Gasteiger partial charge in [-0.15, -0.1) is 5.10 Å². The fourth-order valence-corrected chi connectivity index (χ4v) is 0.771. The van der Waals surface area contributed by atoms with Gasteiger partial charge in [-0.25, -0.2) is 4.68 Å². The number of halogens is 2. The van der Waals surface area contributed by atoms with Gasteiger partial charge in [-0.05, 0) is 17.4 Å². The van der Waals surface area contributed by atoms with Crippen molar-refractivity contribution in [2.45, 2.75) is 19.4 Å². The van der Waals surface area contributed by atoms with Crippen LogP contribution in [0.1, 0.15) is 12.7 Å². The zero-order valence-electron chi connectivity index (χ0n) is 6.54. The van der Waals surface area contributed by atoms with Gasteiger partial charge in [-0.1, -0.05) is 0 Å². The van der Waals surface area contributed by atoms with Crippen molar-refractivity contribution in [1.29, 1.82) is 0 Å². The molecule has 1 rings (SSSR count). The second kappa shape index (κ2) is 3.10. The summed E-state index contributed by atoms with van der Waals surface area (Å²) < 4.78 is 26.8. The van der Waals surface area contributed by atoms with Crippen LogP contribution in [0.3, 0.4) is 0 Å². The van der Waals surface area contributed by atoms with E-state index in [4.69, 9.17) is 5.73 Å². The third kappa shape index (κ3) is 1.40. The smallest absolute Gasteiger partial charge is 0.320 e. The van der Waals surface area contributed by atoms with Crippen LogP contribution < -0.4 is 5.73 Å². The van der Waals surface area contributed by atoms with E-state index in [1.807, 2.05) is 0 Å². The van der Waals surface area contributed by atoms with Gasteiger partial charge in [0.2, 0.25) is 5.82 Å². The first-order chi connectivity index (χ1) is 5.61. The third-order valence-corrected chi connectivity index (χ3v) is 1.41. The molecule has 0 aliphatic rings. The second-order valence-corrected chi connectivity index (χ2v) is 2.23. The van der Waals surface area contributed by atoms with Crippen molar-refractivity contribution in [3.8, 4) is 0 Å². The molecule has 68 valence electrons. The van der Waals surface area contributed by atoms with Crippen LogP contribution in [0, 0.1) is 0 Å². The molecule has 0 aliphatic carbocycles. The van der Waals surface area contributed by atoms with Crippen molar-refractivity contribution < 1.29 is 8.78 Å². The highest BCUT2D eigenvalue weighted by molar-refractivity contribution is 4.93. The Morgan fingerprint density at radius 1 is 1.58 bits per heavy atom. The van der Waals surface area contributed by atoms with Crippen LogP contribution >= 0.6 is 0 Å². The molecular formula is C5H9F2N5. The first-order valence-corrected chi connectivity index (χ1v) is 3.46. The van der Waals surface area contributed by atoms with E-state index >= 15 is 0 Å². The quantitative estimate of drug-likeness (QED) is 0.690. The van der Waals surface area contributed by atoms with Crippen LogP contribution in [-0.4, -0.2) is 26.8 Å². The molecule has 0 atom stereocenters. The van der Waals surface area contributed by atoms with Gasteiger partial charge in [0.25, 0.3) is 0 Å². The van der Waals surface area contributed by atoms with Crippen molar-refractivity contribution in [2.24, 2.45) is 5.73 Å². The molecule has 0 saturated carbocycles. The number of hydrogen-bond acceptors (Lipinski definition) is 4. The van der Waals surface area contributed by atoms with E-state index < -0.39 is 18.3 Å². The first kappa shape index (κ1) is 8.98. The van der Waals surface area contributed by atoms with Crippen LogP contribution in [0.15, 0.2) is 0 Å². The molecule has 0 spiro atoms. The largest absolute Gasteiger partial charge is 0.325 e. The molecule has 2 N–H and O–H groups in total. The maximum absolute atomic E-state index is 12.9. The lowest BCUT2D eigenvalue weighted by Gasteiger charge is -2.11. The fraction of sp³-hybridized carbons (Fsp3) is 0.800. The number of tetrazole rings is 1. The van der Waals surface area contributed by atoms with E-state index in [1.165, 1.54) is 0 Å². The van der Waals surface area contributed by atoms with E-state index in [2.05, 4.69) is 15.5 Å². The van der Waals surface area contributed by atoms with Gasteiger partial charge in [-0.2, -0.15) is 8.78 Å². The Morgan fingerprint density at radius 2 is 2.25 bits per heavy atom. The van der Waals surface area contributed by atoms with Crippen molar-refractivity contribution in [3.63, 3.8) is 0 Å². The lowest BCUT2D eigenvalue weighted by Crippen LogP contribution is -2.29.